The first-order valence-corrected chi connectivity index (χ1v) is 8.22. The van der Waals surface area contributed by atoms with E-state index in [4.69, 9.17) is 9.47 Å². The number of carbonyl (C=O) groups is 2. The van der Waals surface area contributed by atoms with Crippen molar-refractivity contribution in [1.29, 1.82) is 0 Å². The Morgan fingerprint density at radius 1 is 0.846 bits per heavy atom. The summed E-state index contributed by atoms with van der Waals surface area (Å²) >= 11 is 0. The molecular weight excluding hydrogens is 328 g/mol. The largest absolute Gasteiger partial charge is 0.486 e. The summed E-state index contributed by atoms with van der Waals surface area (Å²) in [5, 5.41) is 0. The highest BCUT2D eigenvalue weighted by Crippen LogP contribution is 2.25. The Labute approximate surface area is 153 Å². The molecule has 4 nitrogen and oxygen atoms in total. The molecule has 0 N–H and O–H groups in total. The van der Waals surface area contributed by atoms with Gasteiger partial charge >= 0.3 is 5.97 Å². The second kappa shape index (κ2) is 8.81. The molecule has 0 atom stereocenters. The lowest BCUT2D eigenvalue weighted by molar-refractivity contribution is -0.130. The number of hydrogen-bond donors (Lipinski definition) is 0. The molecule has 0 aliphatic rings. The minimum Gasteiger partial charge on any atom is -0.486 e. The average molecular weight is 350 g/mol. The molecule has 0 aliphatic heterocycles. The van der Waals surface area contributed by atoms with Crippen LogP contribution in [0, 0.1) is 0 Å². The van der Waals surface area contributed by atoms with Gasteiger partial charge < -0.3 is 9.47 Å². The van der Waals surface area contributed by atoms with Gasteiger partial charge in [-0.3, -0.25) is 4.79 Å². The summed E-state index contributed by atoms with van der Waals surface area (Å²) in [5.41, 5.74) is 3.14. The van der Waals surface area contributed by atoms with Gasteiger partial charge in [-0.1, -0.05) is 43.0 Å². The first-order chi connectivity index (χ1) is 12.3. The quantitative estimate of drug-likeness (QED) is 0.298. The second-order valence-corrected chi connectivity index (χ2v) is 6.18. The molecule has 2 rings (SSSR count). The molecule has 0 aromatic heterocycles. The van der Waals surface area contributed by atoms with Crippen molar-refractivity contribution in [3.63, 3.8) is 0 Å². The standard InChI is InChI=1S/C22H22O4/c1-15(2)13-19(23)14-25-20-9-5-17(6-10-20)18-7-11-21(12-8-18)26-22(24)16(3)4/h5-12H,1,3,13-14H2,2,4H3. The van der Waals surface area contributed by atoms with Gasteiger partial charge in [0.15, 0.2) is 5.78 Å². The Hall–Kier alpha value is -3.14. The van der Waals surface area contributed by atoms with Crippen LogP contribution in [0.25, 0.3) is 11.1 Å². The fraction of sp³-hybridized carbons (Fsp3) is 0.182. The summed E-state index contributed by atoms with van der Waals surface area (Å²) in [4.78, 5) is 23.1. The van der Waals surface area contributed by atoms with E-state index in [0.717, 1.165) is 16.7 Å². The number of Topliss-reactive ketones (excluding diaryl/α,β-unsaturated/α-hetero) is 1. The van der Waals surface area contributed by atoms with Crippen molar-refractivity contribution >= 4 is 11.8 Å². The highest BCUT2D eigenvalue weighted by atomic mass is 16.5. The molecule has 0 radical (unpaired) electrons. The van der Waals surface area contributed by atoms with Crippen molar-refractivity contribution in [3.05, 3.63) is 72.8 Å². The van der Waals surface area contributed by atoms with Gasteiger partial charge in [0.05, 0.1) is 0 Å². The Morgan fingerprint density at radius 3 is 1.81 bits per heavy atom. The summed E-state index contributed by atoms with van der Waals surface area (Å²) in [7, 11) is 0. The van der Waals surface area contributed by atoms with Crippen LogP contribution in [0.1, 0.15) is 20.3 Å². The van der Waals surface area contributed by atoms with E-state index in [-0.39, 0.29) is 12.4 Å². The summed E-state index contributed by atoms with van der Waals surface area (Å²) in [6, 6.07) is 14.7. The summed E-state index contributed by atoms with van der Waals surface area (Å²) in [6.45, 7) is 10.7. The third-order valence-corrected chi connectivity index (χ3v) is 3.50. The number of rotatable bonds is 8. The SMILES string of the molecule is C=C(C)CC(=O)COc1ccc(-c2ccc(OC(=O)C(=C)C)cc2)cc1. The smallest absolute Gasteiger partial charge is 0.338 e. The number of ether oxygens (including phenoxy) is 2. The molecule has 26 heavy (non-hydrogen) atoms. The van der Waals surface area contributed by atoms with E-state index < -0.39 is 5.97 Å². The van der Waals surface area contributed by atoms with Gasteiger partial charge in [0.1, 0.15) is 18.1 Å². The van der Waals surface area contributed by atoms with Crippen LogP contribution < -0.4 is 9.47 Å². The van der Waals surface area contributed by atoms with E-state index in [1.807, 2.05) is 43.3 Å². The molecule has 0 amide bonds. The van der Waals surface area contributed by atoms with E-state index in [0.29, 0.717) is 23.5 Å². The van der Waals surface area contributed by atoms with Gasteiger partial charge in [-0.05, 0) is 49.2 Å². The molecular formula is C22H22O4. The Balaban J connectivity index is 1.97. The van der Waals surface area contributed by atoms with Crippen LogP contribution in [0.15, 0.2) is 72.8 Å². The van der Waals surface area contributed by atoms with Gasteiger partial charge in [-0.15, -0.1) is 0 Å². The topological polar surface area (TPSA) is 52.6 Å². The maximum absolute atomic E-state index is 11.6. The molecule has 0 bridgehead atoms. The maximum Gasteiger partial charge on any atom is 0.338 e. The van der Waals surface area contributed by atoms with Crippen LogP contribution in [0.3, 0.4) is 0 Å². The summed E-state index contributed by atoms with van der Waals surface area (Å²) in [6.07, 6.45) is 0.334. The van der Waals surface area contributed by atoms with Crippen LogP contribution in [0.5, 0.6) is 11.5 Å². The highest BCUT2D eigenvalue weighted by Gasteiger charge is 2.07. The lowest BCUT2D eigenvalue weighted by Crippen LogP contribution is -2.11. The summed E-state index contributed by atoms with van der Waals surface area (Å²) in [5.74, 6) is 0.662. The van der Waals surface area contributed by atoms with Gasteiger partial charge in [-0.25, -0.2) is 4.79 Å². The number of benzene rings is 2. The van der Waals surface area contributed by atoms with Gasteiger partial charge in [-0.2, -0.15) is 0 Å². The van der Waals surface area contributed by atoms with E-state index in [1.165, 1.54) is 0 Å². The third-order valence-electron chi connectivity index (χ3n) is 3.50. The molecule has 0 fully saturated rings. The number of esters is 1. The van der Waals surface area contributed by atoms with Crippen molar-refractivity contribution < 1.29 is 19.1 Å². The fourth-order valence-electron chi connectivity index (χ4n) is 2.20. The molecule has 2 aromatic rings. The molecule has 0 aliphatic carbocycles. The summed E-state index contributed by atoms with van der Waals surface area (Å²) < 4.78 is 10.7. The predicted octanol–water partition coefficient (Wildman–Crippen LogP) is 4.75. The molecule has 0 saturated heterocycles. The maximum atomic E-state index is 11.6. The highest BCUT2D eigenvalue weighted by molar-refractivity contribution is 5.88. The first-order valence-electron chi connectivity index (χ1n) is 8.22. The normalized spacial score (nSPS) is 10.1. The monoisotopic (exact) mass is 350 g/mol. The van der Waals surface area contributed by atoms with Crippen molar-refractivity contribution in [3.8, 4) is 22.6 Å². The zero-order chi connectivity index (χ0) is 19.1. The van der Waals surface area contributed by atoms with Crippen molar-refractivity contribution in [1.82, 2.24) is 0 Å². The molecule has 0 saturated carbocycles. The van der Waals surface area contributed by atoms with E-state index >= 15 is 0 Å². The zero-order valence-corrected chi connectivity index (χ0v) is 15.1. The molecule has 4 heteroatoms. The van der Waals surface area contributed by atoms with E-state index in [9.17, 15) is 9.59 Å². The van der Waals surface area contributed by atoms with Crippen molar-refractivity contribution in [2.75, 3.05) is 6.61 Å². The molecule has 0 heterocycles. The minimum absolute atomic E-state index is 0.00136. The molecule has 134 valence electrons. The number of hydrogen-bond acceptors (Lipinski definition) is 4. The van der Waals surface area contributed by atoms with Crippen LogP contribution >= 0.6 is 0 Å². The van der Waals surface area contributed by atoms with Gasteiger partial charge in [0, 0.05) is 12.0 Å². The van der Waals surface area contributed by atoms with Crippen LogP contribution in [0.4, 0.5) is 0 Å². The number of ketones is 1. The van der Waals surface area contributed by atoms with Gasteiger partial charge in [0.25, 0.3) is 0 Å². The number of allylic oxidation sites excluding steroid dienone is 1. The number of carbonyl (C=O) groups excluding carboxylic acids is 2. The van der Waals surface area contributed by atoms with E-state index in [1.54, 1.807) is 19.1 Å². The van der Waals surface area contributed by atoms with Gasteiger partial charge in [0.2, 0.25) is 0 Å². The third kappa shape index (κ3) is 5.74. The molecule has 2 aromatic carbocycles. The fourth-order valence-corrected chi connectivity index (χ4v) is 2.20. The predicted molar refractivity (Wildman–Crippen MR) is 102 cm³/mol. The van der Waals surface area contributed by atoms with Crippen LogP contribution in [-0.2, 0) is 9.59 Å². The minimum atomic E-state index is -0.444. The lowest BCUT2D eigenvalue weighted by Gasteiger charge is -2.08. The molecule has 0 unspecified atom stereocenters. The first kappa shape index (κ1) is 19.2. The zero-order valence-electron chi connectivity index (χ0n) is 15.1. The average Bonchev–Trinajstić information content (AvgIpc) is 2.60. The van der Waals surface area contributed by atoms with Crippen molar-refractivity contribution in [2.24, 2.45) is 0 Å². The van der Waals surface area contributed by atoms with E-state index in [2.05, 4.69) is 13.2 Å². The molecule has 0 spiro atoms. The second-order valence-electron chi connectivity index (χ2n) is 6.18. The van der Waals surface area contributed by atoms with Crippen LogP contribution in [0.2, 0.25) is 0 Å². The van der Waals surface area contributed by atoms with Crippen LogP contribution in [-0.4, -0.2) is 18.4 Å². The Kier molecular flexibility index (Phi) is 6.50. The lowest BCUT2D eigenvalue weighted by atomic mass is 10.1. The Morgan fingerprint density at radius 2 is 1.35 bits per heavy atom. The van der Waals surface area contributed by atoms with Crippen molar-refractivity contribution in [2.45, 2.75) is 20.3 Å². The Bertz CT molecular complexity index is 814.